The normalized spacial score (nSPS) is 14.2. The number of rotatable bonds is 8. The van der Waals surface area contributed by atoms with Crippen molar-refractivity contribution in [2.24, 2.45) is 0 Å². The van der Waals surface area contributed by atoms with Crippen LogP contribution in [0.3, 0.4) is 0 Å². The molecule has 0 fully saturated rings. The Kier molecular flexibility index (Phi) is 6.45. The molecular formula is C16H17F3N2O5. The number of methoxy groups -OCH3 is 1. The van der Waals surface area contributed by atoms with E-state index < -0.39 is 30.7 Å². The monoisotopic (exact) mass is 374 g/mol. The fourth-order valence-corrected chi connectivity index (χ4v) is 2.36. The lowest BCUT2D eigenvalue weighted by atomic mass is 10.2. The molecule has 1 aliphatic rings. The molecule has 0 saturated heterocycles. The van der Waals surface area contributed by atoms with Crippen LogP contribution >= 0.6 is 0 Å². The SMILES string of the molecule is COC(=O)C1=C(Nc2cc(F)ccc2OCC(F)F)C(=O)N(CCO)C1. The number of carbonyl (C=O) groups excluding carboxylic acids is 2. The van der Waals surface area contributed by atoms with Gasteiger partial charge in [0.15, 0.2) is 0 Å². The van der Waals surface area contributed by atoms with Crippen LogP contribution in [0.4, 0.5) is 18.9 Å². The summed E-state index contributed by atoms with van der Waals surface area (Å²) < 4.78 is 47.8. The first-order valence-electron chi connectivity index (χ1n) is 7.56. The number of benzene rings is 1. The van der Waals surface area contributed by atoms with Crippen molar-refractivity contribution in [3.05, 3.63) is 35.3 Å². The molecule has 0 bridgehead atoms. The van der Waals surface area contributed by atoms with E-state index in [1.165, 1.54) is 4.90 Å². The maximum absolute atomic E-state index is 13.6. The van der Waals surface area contributed by atoms with Gasteiger partial charge in [-0.3, -0.25) is 4.79 Å². The van der Waals surface area contributed by atoms with Gasteiger partial charge in [0, 0.05) is 12.6 Å². The van der Waals surface area contributed by atoms with Gasteiger partial charge in [0.2, 0.25) is 0 Å². The fraction of sp³-hybridized carbons (Fsp3) is 0.375. The number of aliphatic hydroxyl groups excluding tert-OH is 1. The van der Waals surface area contributed by atoms with Gasteiger partial charge >= 0.3 is 5.97 Å². The Bertz CT molecular complexity index is 724. The molecule has 2 N–H and O–H groups in total. The Morgan fingerprint density at radius 1 is 1.42 bits per heavy atom. The second-order valence-corrected chi connectivity index (χ2v) is 5.26. The predicted molar refractivity (Wildman–Crippen MR) is 84.2 cm³/mol. The number of hydrogen-bond acceptors (Lipinski definition) is 6. The molecule has 0 aliphatic carbocycles. The van der Waals surface area contributed by atoms with Crippen molar-refractivity contribution in [1.29, 1.82) is 0 Å². The molecule has 1 aromatic carbocycles. The van der Waals surface area contributed by atoms with E-state index in [1.54, 1.807) is 0 Å². The topological polar surface area (TPSA) is 88.1 Å². The minimum atomic E-state index is -2.74. The minimum Gasteiger partial charge on any atom is -0.485 e. The second kappa shape index (κ2) is 8.56. The van der Waals surface area contributed by atoms with Crippen molar-refractivity contribution in [1.82, 2.24) is 4.90 Å². The van der Waals surface area contributed by atoms with Crippen LogP contribution in [0.25, 0.3) is 0 Å². The highest BCUT2D eigenvalue weighted by molar-refractivity contribution is 6.08. The Labute approximate surface area is 147 Å². The van der Waals surface area contributed by atoms with Crippen molar-refractivity contribution in [3.8, 4) is 5.75 Å². The van der Waals surface area contributed by atoms with E-state index in [2.05, 4.69) is 10.1 Å². The van der Waals surface area contributed by atoms with Crippen LogP contribution in [-0.2, 0) is 14.3 Å². The summed E-state index contributed by atoms with van der Waals surface area (Å²) in [5.74, 6) is -2.22. The lowest BCUT2D eigenvalue weighted by molar-refractivity contribution is -0.136. The Morgan fingerprint density at radius 3 is 2.77 bits per heavy atom. The number of β-amino-alcohol motifs (C(OH)–C–C–N with tert-alkyl or cyclic N) is 1. The molecule has 0 radical (unpaired) electrons. The van der Waals surface area contributed by atoms with Gasteiger partial charge in [-0.2, -0.15) is 0 Å². The number of hydrogen-bond donors (Lipinski definition) is 2. The average Bonchev–Trinajstić information content (AvgIpc) is 2.90. The molecule has 1 aromatic rings. The predicted octanol–water partition coefficient (Wildman–Crippen LogP) is 1.14. The quantitative estimate of drug-likeness (QED) is 0.664. The van der Waals surface area contributed by atoms with Gasteiger partial charge in [0.25, 0.3) is 12.3 Å². The average molecular weight is 374 g/mol. The lowest BCUT2D eigenvalue weighted by Gasteiger charge is -2.16. The van der Waals surface area contributed by atoms with Crippen LogP contribution in [0.1, 0.15) is 0 Å². The number of alkyl halides is 2. The van der Waals surface area contributed by atoms with Crippen LogP contribution in [0.2, 0.25) is 0 Å². The summed E-state index contributed by atoms with van der Waals surface area (Å²) in [5.41, 5.74) is -0.325. The highest BCUT2D eigenvalue weighted by Crippen LogP contribution is 2.30. The van der Waals surface area contributed by atoms with Crippen LogP contribution in [0, 0.1) is 5.82 Å². The van der Waals surface area contributed by atoms with Gasteiger partial charge in [0.05, 0.1) is 31.5 Å². The van der Waals surface area contributed by atoms with E-state index in [0.29, 0.717) is 0 Å². The smallest absolute Gasteiger partial charge is 0.337 e. The first kappa shape index (κ1) is 19.6. The second-order valence-electron chi connectivity index (χ2n) is 5.26. The number of nitrogens with zero attached hydrogens (tertiary/aromatic N) is 1. The van der Waals surface area contributed by atoms with E-state index in [1.807, 2.05) is 0 Å². The number of amides is 1. The van der Waals surface area contributed by atoms with Crippen LogP contribution in [-0.4, -0.2) is 61.7 Å². The standard InChI is InChI=1S/C16H17F3N2O5/c1-25-16(24)10-7-21(4-5-22)15(23)14(10)20-11-6-9(17)2-3-12(11)26-8-13(18)19/h2-3,6,13,20,22H,4-5,7-8H2,1H3. The highest BCUT2D eigenvalue weighted by Gasteiger charge is 2.34. The van der Waals surface area contributed by atoms with Gasteiger partial charge in [-0.1, -0.05) is 0 Å². The van der Waals surface area contributed by atoms with Crippen LogP contribution < -0.4 is 10.1 Å². The van der Waals surface area contributed by atoms with Crippen molar-refractivity contribution in [2.45, 2.75) is 6.43 Å². The molecule has 0 spiro atoms. The fourth-order valence-electron chi connectivity index (χ4n) is 2.36. The third-order valence-electron chi connectivity index (χ3n) is 3.52. The Morgan fingerprint density at radius 2 is 2.15 bits per heavy atom. The molecule has 2 rings (SSSR count). The number of anilines is 1. The summed E-state index contributed by atoms with van der Waals surface area (Å²) in [6.07, 6.45) is -2.74. The summed E-state index contributed by atoms with van der Waals surface area (Å²) >= 11 is 0. The van der Waals surface area contributed by atoms with E-state index in [-0.39, 0.29) is 42.4 Å². The molecule has 0 unspecified atom stereocenters. The zero-order valence-electron chi connectivity index (χ0n) is 13.8. The third kappa shape index (κ3) is 4.45. The van der Waals surface area contributed by atoms with Gasteiger partial charge in [0.1, 0.15) is 23.9 Å². The van der Waals surface area contributed by atoms with Crippen molar-refractivity contribution in [3.63, 3.8) is 0 Å². The number of halogens is 3. The van der Waals surface area contributed by atoms with E-state index in [0.717, 1.165) is 25.3 Å². The summed E-state index contributed by atoms with van der Waals surface area (Å²) in [6, 6.07) is 3.09. The van der Waals surface area contributed by atoms with Gasteiger partial charge in [-0.15, -0.1) is 0 Å². The van der Waals surface area contributed by atoms with Gasteiger partial charge in [-0.05, 0) is 12.1 Å². The number of nitrogens with one attached hydrogen (secondary N) is 1. The molecular weight excluding hydrogens is 357 g/mol. The molecule has 26 heavy (non-hydrogen) atoms. The van der Waals surface area contributed by atoms with Crippen LogP contribution in [0.5, 0.6) is 5.75 Å². The first-order chi connectivity index (χ1) is 12.4. The zero-order valence-corrected chi connectivity index (χ0v) is 13.8. The van der Waals surface area contributed by atoms with Crippen LogP contribution in [0.15, 0.2) is 29.5 Å². The molecule has 142 valence electrons. The molecule has 1 amide bonds. The van der Waals surface area contributed by atoms with Gasteiger partial charge < -0.3 is 24.8 Å². The summed E-state index contributed by atoms with van der Waals surface area (Å²) in [4.78, 5) is 25.5. The molecule has 1 heterocycles. The summed E-state index contributed by atoms with van der Waals surface area (Å²) in [7, 11) is 1.13. The highest BCUT2D eigenvalue weighted by atomic mass is 19.3. The summed E-state index contributed by atoms with van der Waals surface area (Å²) in [6.45, 7) is -1.39. The number of aliphatic hydroxyl groups is 1. The molecule has 0 atom stereocenters. The lowest BCUT2D eigenvalue weighted by Crippen LogP contribution is -2.31. The summed E-state index contributed by atoms with van der Waals surface area (Å²) in [5, 5.41) is 11.6. The Hall–Kier alpha value is -2.75. The van der Waals surface area contributed by atoms with E-state index in [4.69, 9.17) is 9.84 Å². The van der Waals surface area contributed by atoms with E-state index >= 15 is 0 Å². The van der Waals surface area contributed by atoms with Crippen molar-refractivity contribution in [2.75, 3.05) is 38.7 Å². The zero-order chi connectivity index (χ0) is 19.3. The molecule has 10 heteroatoms. The number of carbonyl (C=O) groups is 2. The maximum atomic E-state index is 13.6. The largest absolute Gasteiger partial charge is 0.485 e. The van der Waals surface area contributed by atoms with E-state index in [9.17, 15) is 22.8 Å². The van der Waals surface area contributed by atoms with Crippen molar-refractivity contribution >= 4 is 17.6 Å². The number of esters is 1. The molecule has 0 aromatic heterocycles. The number of ether oxygens (including phenoxy) is 2. The molecule has 1 aliphatic heterocycles. The molecule has 7 nitrogen and oxygen atoms in total. The maximum Gasteiger partial charge on any atom is 0.337 e. The molecule has 0 saturated carbocycles. The first-order valence-corrected chi connectivity index (χ1v) is 7.56. The van der Waals surface area contributed by atoms with Gasteiger partial charge in [-0.25, -0.2) is 18.0 Å². The minimum absolute atomic E-state index is 0.0254. The third-order valence-corrected chi connectivity index (χ3v) is 3.52. The van der Waals surface area contributed by atoms with Crippen molar-refractivity contribution < 1.29 is 37.3 Å². The Balaban J connectivity index is 2.35.